The first-order valence-corrected chi connectivity index (χ1v) is 11.4. The summed E-state index contributed by atoms with van der Waals surface area (Å²) < 4.78 is 6.72. The molecule has 2 aromatic carbocycles. The van der Waals surface area contributed by atoms with E-state index in [4.69, 9.17) is 22.2 Å². The highest BCUT2D eigenvalue weighted by molar-refractivity contribution is 9.10. The van der Waals surface area contributed by atoms with Gasteiger partial charge in [-0.2, -0.15) is 5.26 Å². The Kier molecular flexibility index (Phi) is 8.83. The number of carbonyl (C=O) groups excluding carboxylic acids is 1. The number of benzene rings is 2. The Hall–Kier alpha value is -2.47. The predicted molar refractivity (Wildman–Crippen MR) is 128 cm³/mol. The molecule has 0 unspecified atom stereocenters. The van der Waals surface area contributed by atoms with E-state index in [2.05, 4.69) is 44.3 Å². The van der Waals surface area contributed by atoms with Gasteiger partial charge in [0.2, 0.25) is 0 Å². The summed E-state index contributed by atoms with van der Waals surface area (Å²) in [4.78, 5) is 17.2. The van der Waals surface area contributed by atoms with E-state index in [1.165, 1.54) is 5.56 Å². The normalized spacial score (nSPS) is 14.0. The minimum Gasteiger partial charge on any atom is -0.492 e. The lowest BCUT2D eigenvalue weighted by atomic mass is 10.1. The molecule has 1 heterocycles. The van der Waals surface area contributed by atoms with E-state index in [-0.39, 0.29) is 5.91 Å². The van der Waals surface area contributed by atoms with Crippen LogP contribution in [0.5, 0.6) is 5.75 Å². The molecule has 0 aromatic heterocycles. The fourth-order valence-electron chi connectivity index (χ4n) is 3.36. The van der Waals surface area contributed by atoms with Gasteiger partial charge in [0.1, 0.15) is 5.75 Å². The van der Waals surface area contributed by atoms with Gasteiger partial charge in [0.15, 0.2) is 5.11 Å². The molecule has 8 heteroatoms. The van der Waals surface area contributed by atoms with Gasteiger partial charge in [-0.1, -0.05) is 46.3 Å². The van der Waals surface area contributed by atoms with Crippen LogP contribution in [-0.4, -0.2) is 60.2 Å². The van der Waals surface area contributed by atoms with Gasteiger partial charge >= 0.3 is 0 Å². The van der Waals surface area contributed by atoms with Crippen molar-refractivity contribution < 1.29 is 9.53 Å². The minimum atomic E-state index is -0.284. The van der Waals surface area contributed by atoms with Crippen LogP contribution in [0.2, 0.25) is 0 Å². The topological polar surface area (TPSA) is 68.6 Å². The summed E-state index contributed by atoms with van der Waals surface area (Å²) in [5.41, 5.74) is 1.62. The van der Waals surface area contributed by atoms with Crippen LogP contribution in [0.1, 0.15) is 22.3 Å². The number of carbonyl (C=O) groups is 1. The molecule has 0 saturated carbocycles. The predicted octanol–water partition coefficient (Wildman–Crippen LogP) is 3.62. The van der Waals surface area contributed by atoms with E-state index < -0.39 is 0 Å². The molecule has 1 saturated heterocycles. The molecule has 162 valence electrons. The van der Waals surface area contributed by atoms with Gasteiger partial charge in [0.25, 0.3) is 5.91 Å². The number of hydrogen-bond donors (Lipinski definition) is 1. The maximum Gasteiger partial charge on any atom is 0.261 e. The summed E-state index contributed by atoms with van der Waals surface area (Å²) in [6, 6.07) is 17.7. The number of halogens is 1. The third-order valence-corrected chi connectivity index (χ3v) is 5.95. The Morgan fingerprint density at radius 1 is 1.16 bits per heavy atom. The van der Waals surface area contributed by atoms with Gasteiger partial charge in [0.05, 0.1) is 18.2 Å². The van der Waals surface area contributed by atoms with Crippen LogP contribution in [0.15, 0.2) is 53.0 Å². The maximum atomic E-state index is 12.9. The average molecular weight is 501 g/mol. The third-order valence-electron chi connectivity index (χ3n) is 5.10. The van der Waals surface area contributed by atoms with Gasteiger partial charge in [-0.05, 0) is 36.0 Å². The van der Waals surface area contributed by atoms with Crippen LogP contribution < -0.4 is 10.1 Å². The Balaban J connectivity index is 1.56. The second kappa shape index (κ2) is 11.8. The van der Waals surface area contributed by atoms with Crippen LogP contribution >= 0.6 is 28.1 Å². The van der Waals surface area contributed by atoms with Gasteiger partial charge < -0.3 is 9.64 Å². The molecule has 3 rings (SSSR count). The van der Waals surface area contributed by atoms with Gasteiger partial charge in [-0.3, -0.25) is 15.0 Å². The van der Waals surface area contributed by atoms with Gasteiger partial charge in [0, 0.05) is 50.0 Å². The van der Waals surface area contributed by atoms with Crippen LogP contribution in [0, 0.1) is 11.3 Å². The second-order valence-corrected chi connectivity index (χ2v) is 8.52. The Labute approximate surface area is 196 Å². The van der Waals surface area contributed by atoms with Gasteiger partial charge in [-0.25, -0.2) is 0 Å². The van der Waals surface area contributed by atoms with Crippen molar-refractivity contribution >= 4 is 39.2 Å². The van der Waals surface area contributed by atoms with Crippen molar-refractivity contribution in [3.8, 4) is 11.8 Å². The summed E-state index contributed by atoms with van der Waals surface area (Å²) >= 11 is 8.91. The molecule has 31 heavy (non-hydrogen) atoms. The lowest BCUT2D eigenvalue weighted by Gasteiger charge is -2.35. The molecule has 1 aliphatic heterocycles. The molecule has 0 aliphatic carbocycles. The standard InChI is InChI=1S/C23H25BrN4O2S/c24-19-7-8-21(30-16-9-18-5-2-1-3-6-18)20(17-19)22(29)26-23(31)28-14-12-27(13-15-28)11-4-10-25/h1-3,5-8,17H,4,9,11-16H2,(H,26,29,31). The van der Waals surface area contributed by atoms with E-state index in [0.717, 1.165) is 43.6 Å². The lowest BCUT2D eigenvalue weighted by Crippen LogP contribution is -2.52. The SMILES string of the molecule is N#CCCN1CCN(C(=S)NC(=O)c2cc(Br)ccc2OCCc2ccccc2)CC1. The van der Waals surface area contributed by atoms with E-state index in [9.17, 15) is 4.79 Å². The van der Waals surface area contributed by atoms with Crippen molar-refractivity contribution in [2.45, 2.75) is 12.8 Å². The summed E-state index contributed by atoms with van der Waals surface area (Å²) in [6.07, 6.45) is 1.28. The monoisotopic (exact) mass is 500 g/mol. The number of thiocarbonyl (C=S) groups is 1. The molecular weight excluding hydrogens is 476 g/mol. The van der Waals surface area contributed by atoms with Crippen molar-refractivity contribution in [2.75, 3.05) is 39.3 Å². The largest absolute Gasteiger partial charge is 0.492 e. The van der Waals surface area contributed by atoms with Crippen molar-refractivity contribution in [3.63, 3.8) is 0 Å². The maximum absolute atomic E-state index is 12.9. The van der Waals surface area contributed by atoms with Crippen LogP contribution in [-0.2, 0) is 6.42 Å². The van der Waals surface area contributed by atoms with Crippen LogP contribution in [0.25, 0.3) is 0 Å². The Bertz CT molecular complexity index is 940. The lowest BCUT2D eigenvalue weighted by molar-refractivity contribution is 0.0965. The fourth-order valence-corrected chi connectivity index (χ4v) is 3.99. The first-order valence-electron chi connectivity index (χ1n) is 10.2. The number of amides is 1. The summed E-state index contributed by atoms with van der Waals surface area (Å²) in [6.45, 7) is 4.34. The minimum absolute atomic E-state index is 0.284. The quantitative estimate of drug-likeness (QED) is 0.585. The number of rotatable bonds is 7. The molecule has 6 nitrogen and oxygen atoms in total. The number of nitriles is 1. The number of ether oxygens (including phenoxy) is 1. The van der Waals surface area contributed by atoms with Crippen LogP contribution in [0.4, 0.5) is 0 Å². The van der Waals surface area contributed by atoms with Crippen molar-refractivity contribution in [2.24, 2.45) is 0 Å². The first kappa shape index (κ1) is 23.2. The molecule has 0 atom stereocenters. The Morgan fingerprint density at radius 3 is 2.61 bits per heavy atom. The highest BCUT2D eigenvalue weighted by atomic mass is 79.9. The third kappa shape index (κ3) is 7.03. The number of hydrogen-bond acceptors (Lipinski definition) is 5. The number of nitrogens with zero attached hydrogens (tertiary/aromatic N) is 3. The van der Waals surface area contributed by atoms with Crippen molar-refractivity contribution in [3.05, 3.63) is 64.1 Å². The number of piperazine rings is 1. The molecule has 0 radical (unpaired) electrons. The van der Waals surface area contributed by atoms with E-state index in [1.807, 2.05) is 29.2 Å². The zero-order chi connectivity index (χ0) is 22.1. The van der Waals surface area contributed by atoms with Crippen molar-refractivity contribution in [1.29, 1.82) is 5.26 Å². The second-order valence-electron chi connectivity index (χ2n) is 7.22. The zero-order valence-corrected chi connectivity index (χ0v) is 19.6. The molecule has 0 spiro atoms. The summed E-state index contributed by atoms with van der Waals surface area (Å²) in [5, 5.41) is 12.0. The Morgan fingerprint density at radius 2 is 1.90 bits per heavy atom. The average Bonchev–Trinajstić information content (AvgIpc) is 2.79. The molecule has 1 fully saturated rings. The first-order chi connectivity index (χ1) is 15.1. The van der Waals surface area contributed by atoms with Crippen molar-refractivity contribution in [1.82, 2.24) is 15.1 Å². The van der Waals surface area contributed by atoms with E-state index >= 15 is 0 Å². The van der Waals surface area contributed by atoms with Crippen LogP contribution in [0.3, 0.4) is 0 Å². The highest BCUT2D eigenvalue weighted by Crippen LogP contribution is 2.23. The molecular formula is C23H25BrN4O2S. The highest BCUT2D eigenvalue weighted by Gasteiger charge is 2.21. The molecule has 2 aromatic rings. The summed E-state index contributed by atoms with van der Waals surface area (Å²) in [5.74, 6) is 0.244. The fraction of sp³-hybridized carbons (Fsp3) is 0.348. The number of nitrogens with one attached hydrogen (secondary N) is 1. The molecule has 1 amide bonds. The summed E-state index contributed by atoms with van der Waals surface area (Å²) in [7, 11) is 0. The smallest absolute Gasteiger partial charge is 0.261 e. The van der Waals surface area contributed by atoms with Gasteiger partial charge in [-0.15, -0.1) is 0 Å². The van der Waals surface area contributed by atoms with E-state index in [1.54, 1.807) is 12.1 Å². The van der Waals surface area contributed by atoms with E-state index in [0.29, 0.717) is 29.5 Å². The molecule has 1 aliphatic rings. The molecule has 0 bridgehead atoms. The zero-order valence-electron chi connectivity index (χ0n) is 17.2. The molecule has 1 N–H and O–H groups in total.